The van der Waals surface area contributed by atoms with Gasteiger partial charge in [0, 0.05) is 19.7 Å². The van der Waals surface area contributed by atoms with Gasteiger partial charge in [-0.15, -0.1) is 0 Å². The van der Waals surface area contributed by atoms with Gasteiger partial charge in [-0.05, 0) is 49.4 Å². The Bertz CT molecular complexity index is 368. The molecule has 2 unspecified atom stereocenters. The van der Waals surface area contributed by atoms with Gasteiger partial charge < -0.3 is 10.1 Å². The van der Waals surface area contributed by atoms with Crippen LogP contribution in [0.2, 0.25) is 0 Å². The summed E-state index contributed by atoms with van der Waals surface area (Å²) < 4.78 is 18.0. The van der Waals surface area contributed by atoms with Crippen molar-refractivity contribution in [2.75, 3.05) is 20.3 Å². The Morgan fingerprint density at radius 2 is 2.06 bits per heavy atom. The summed E-state index contributed by atoms with van der Waals surface area (Å²) in [5, 5.41) is 3.44. The Labute approximate surface area is 110 Å². The summed E-state index contributed by atoms with van der Waals surface area (Å²) >= 11 is 0. The number of halogens is 1. The van der Waals surface area contributed by atoms with Crippen molar-refractivity contribution in [3.05, 3.63) is 35.1 Å². The number of nitrogens with one attached hydrogen (secondary N) is 1. The molecule has 18 heavy (non-hydrogen) atoms. The van der Waals surface area contributed by atoms with Gasteiger partial charge in [-0.25, -0.2) is 4.39 Å². The van der Waals surface area contributed by atoms with Crippen LogP contribution in [0.4, 0.5) is 4.39 Å². The number of methoxy groups -OCH3 is 1. The molecule has 1 aromatic rings. The van der Waals surface area contributed by atoms with Crippen LogP contribution in [0.3, 0.4) is 0 Å². The quantitative estimate of drug-likeness (QED) is 0.754. The van der Waals surface area contributed by atoms with Gasteiger partial charge in [0.25, 0.3) is 0 Å². The van der Waals surface area contributed by atoms with Gasteiger partial charge in [0.2, 0.25) is 0 Å². The summed E-state index contributed by atoms with van der Waals surface area (Å²) in [5.41, 5.74) is 2.26. The maximum atomic E-state index is 13.0. The number of aryl methyl sites for hydroxylation is 1. The molecule has 0 fully saturated rings. The fraction of sp³-hybridized carbons (Fsp3) is 0.600. The second kappa shape index (κ2) is 7.49. The lowest BCUT2D eigenvalue weighted by molar-refractivity contribution is 0.192. The first-order chi connectivity index (χ1) is 8.54. The summed E-state index contributed by atoms with van der Waals surface area (Å²) in [4.78, 5) is 0. The van der Waals surface area contributed by atoms with E-state index in [0.717, 1.165) is 25.1 Å². The molecule has 0 radical (unpaired) electrons. The molecule has 3 heteroatoms. The molecular formula is C15H24FNO. The van der Waals surface area contributed by atoms with Crippen molar-refractivity contribution in [2.45, 2.75) is 33.2 Å². The minimum absolute atomic E-state index is 0.157. The smallest absolute Gasteiger partial charge is 0.123 e. The lowest BCUT2D eigenvalue weighted by atomic mass is 9.92. The van der Waals surface area contributed by atoms with E-state index in [1.807, 2.05) is 13.0 Å². The number of hydrogen-bond donors (Lipinski definition) is 1. The highest BCUT2D eigenvalue weighted by atomic mass is 19.1. The SMILES string of the molecule is COCCNC(C)C(C)Cc1ccc(F)cc1C. The van der Waals surface area contributed by atoms with Crippen LogP contribution in [0.25, 0.3) is 0 Å². The van der Waals surface area contributed by atoms with Gasteiger partial charge >= 0.3 is 0 Å². The average Bonchev–Trinajstić information content (AvgIpc) is 2.32. The second-order valence-electron chi connectivity index (χ2n) is 4.99. The largest absolute Gasteiger partial charge is 0.383 e. The molecule has 0 spiro atoms. The molecule has 0 aliphatic heterocycles. The van der Waals surface area contributed by atoms with E-state index < -0.39 is 0 Å². The standard InChI is InChI=1S/C15H24FNO/c1-11(13(3)17-7-8-18-4)9-14-5-6-15(16)10-12(14)2/h5-6,10-11,13,17H,7-9H2,1-4H3. The molecule has 2 nitrogen and oxygen atoms in total. The van der Waals surface area contributed by atoms with E-state index in [1.165, 1.54) is 11.6 Å². The van der Waals surface area contributed by atoms with Crippen molar-refractivity contribution in [3.63, 3.8) is 0 Å². The van der Waals surface area contributed by atoms with E-state index in [9.17, 15) is 4.39 Å². The fourth-order valence-electron chi connectivity index (χ4n) is 2.00. The van der Waals surface area contributed by atoms with Crippen LogP contribution in [0.5, 0.6) is 0 Å². The molecule has 2 atom stereocenters. The molecule has 1 rings (SSSR count). The molecule has 102 valence electrons. The molecule has 0 heterocycles. The lowest BCUT2D eigenvalue weighted by Crippen LogP contribution is -2.35. The summed E-state index contributed by atoms with van der Waals surface area (Å²) in [6, 6.07) is 5.45. The molecule has 1 aromatic carbocycles. The zero-order valence-corrected chi connectivity index (χ0v) is 11.8. The maximum Gasteiger partial charge on any atom is 0.123 e. The van der Waals surface area contributed by atoms with E-state index in [4.69, 9.17) is 4.74 Å². The molecule has 0 bridgehead atoms. The van der Waals surface area contributed by atoms with Gasteiger partial charge in [-0.2, -0.15) is 0 Å². The van der Waals surface area contributed by atoms with Crippen LogP contribution < -0.4 is 5.32 Å². The Balaban J connectivity index is 2.50. The van der Waals surface area contributed by atoms with Crippen LogP contribution in [0, 0.1) is 18.7 Å². The summed E-state index contributed by atoms with van der Waals surface area (Å²) in [5.74, 6) is 0.348. The average molecular weight is 253 g/mol. The van der Waals surface area contributed by atoms with Gasteiger partial charge in [0.1, 0.15) is 5.82 Å². The molecule has 0 aliphatic carbocycles. The van der Waals surface area contributed by atoms with Crippen LogP contribution in [-0.4, -0.2) is 26.3 Å². The van der Waals surface area contributed by atoms with E-state index in [1.54, 1.807) is 13.2 Å². The van der Waals surface area contributed by atoms with Crippen LogP contribution in [-0.2, 0) is 11.2 Å². The van der Waals surface area contributed by atoms with Crippen molar-refractivity contribution in [3.8, 4) is 0 Å². The summed E-state index contributed by atoms with van der Waals surface area (Å²) in [7, 11) is 1.71. The van der Waals surface area contributed by atoms with Gasteiger partial charge in [-0.3, -0.25) is 0 Å². The van der Waals surface area contributed by atoms with E-state index in [-0.39, 0.29) is 5.82 Å². The molecule has 0 saturated heterocycles. The highest BCUT2D eigenvalue weighted by Crippen LogP contribution is 2.16. The molecule has 0 aromatic heterocycles. The molecule has 0 aliphatic rings. The van der Waals surface area contributed by atoms with Crippen molar-refractivity contribution in [1.29, 1.82) is 0 Å². The van der Waals surface area contributed by atoms with Crippen molar-refractivity contribution >= 4 is 0 Å². The summed E-state index contributed by atoms with van der Waals surface area (Å²) in [6.07, 6.45) is 0.966. The maximum absolute atomic E-state index is 13.0. The molecule has 1 N–H and O–H groups in total. The number of rotatable bonds is 7. The molecular weight excluding hydrogens is 229 g/mol. The second-order valence-corrected chi connectivity index (χ2v) is 4.99. The van der Waals surface area contributed by atoms with Crippen LogP contribution in [0.15, 0.2) is 18.2 Å². The first-order valence-electron chi connectivity index (χ1n) is 6.52. The van der Waals surface area contributed by atoms with Crippen LogP contribution in [0.1, 0.15) is 25.0 Å². The molecule has 0 saturated carbocycles. The van der Waals surface area contributed by atoms with Crippen LogP contribution >= 0.6 is 0 Å². The van der Waals surface area contributed by atoms with Gasteiger partial charge in [-0.1, -0.05) is 13.0 Å². The third kappa shape index (κ3) is 4.75. The fourth-order valence-corrected chi connectivity index (χ4v) is 2.00. The first-order valence-corrected chi connectivity index (χ1v) is 6.52. The number of hydrogen-bond acceptors (Lipinski definition) is 2. The third-order valence-electron chi connectivity index (χ3n) is 3.47. The Morgan fingerprint density at radius 3 is 2.67 bits per heavy atom. The Morgan fingerprint density at radius 1 is 1.33 bits per heavy atom. The van der Waals surface area contributed by atoms with Crippen molar-refractivity contribution in [1.82, 2.24) is 5.32 Å². The summed E-state index contributed by atoms with van der Waals surface area (Å²) in [6.45, 7) is 7.96. The first kappa shape index (κ1) is 15.1. The minimum atomic E-state index is -0.157. The Hall–Kier alpha value is -0.930. The highest BCUT2D eigenvalue weighted by Gasteiger charge is 2.13. The topological polar surface area (TPSA) is 21.3 Å². The van der Waals surface area contributed by atoms with E-state index >= 15 is 0 Å². The normalized spacial score (nSPS) is 14.5. The minimum Gasteiger partial charge on any atom is -0.383 e. The third-order valence-corrected chi connectivity index (χ3v) is 3.47. The lowest BCUT2D eigenvalue weighted by Gasteiger charge is -2.22. The van der Waals surface area contributed by atoms with E-state index in [2.05, 4.69) is 19.2 Å². The highest BCUT2D eigenvalue weighted by molar-refractivity contribution is 5.27. The number of ether oxygens (including phenoxy) is 1. The number of benzene rings is 1. The van der Waals surface area contributed by atoms with Gasteiger partial charge in [0.05, 0.1) is 6.61 Å². The predicted molar refractivity (Wildman–Crippen MR) is 73.3 cm³/mol. The monoisotopic (exact) mass is 253 g/mol. The Kier molecular flexibility index (Phi) is 6.30. The van der Waals surface area contributed by atoms with Crippen molar-refractivity contribution in [2.24, 2.45) is 5.92 Å². The van der Waals surface area contributed by atoms with Gasteiger partial charge in [0.15, 0.2) is 0 Å². The predicted octanol–water partition coefficient (Wildman–Crippen LogP) is 2.94. The zero-order valence-electron chi connectivity index (χ0n) is 11.8. The zero-order chi connectivity index (χ0) is 13.5. The van der Waals surface area contributed by atoms with Crippen molar-refractivity contribution < 1.29 is 9.13 Å². The van der Waals surface area contributed by atoms with E-state index in [0.29, 0.717) is 12.0 Å². The molecule has 0 amide bonds.